The first-order valence-corrected chi connectivity index (χ1v) is 29.9. The van der Waals surface area contributed by atoms with Gasteiger partial charge in [0.05, 0.1) is 6.67 Å². The van der Waals surface area contributed by atoms with E-state index in [-0.39, 0.29) is 57.7 Å². The third kappa shape index (κ3) is 26.4. The minimum Gasteiger partial charge on any atom is -0.461 e. The van der Waals surface area contributed by atoms with E-state index >= 15 is 0 Å². The summed E-state index contributed by atoms with van der Waals surface area (Å²) in [4.78, 5) is 74.1. The zero-order chi connectivity index (χ0) is 65.8. The maximum absolute atomic E-state index is 11.7. The summed E-state index contributed by atoms with van der Waals surface area (Å²) in [6, 6.07) is 27.3. The molecule has 0 aliphatic carbocycles. The molecule has 5 aromatic rings. The summed E-state index contributed by atoms with van der Waals surface area (Å²) in [6.45, 7) is 29.9. The Morgan fingerprint density at radius 3 is 1.64 bits per heavy atom. The minimum absolute atomic E-state index is 0. The third-order valence-corrected chi connectivity index (χ3v) is 14.2. The van der Waals surface area contributed by atoms with E-state index in [1.54, 1.807) is 38.5 Å². The largest absolute Gasteiger partial charge is 0.461 e. The van der Waals surface area contributed by atoms with Crippen LogP contribution in [0.4, 0.5) is 21.9 Å². The molecule has 482 valence electrons. The average molecular weight is 1230 g/mol. The number of carbonyl (C=O) groups is 5. The minimum atomic E-state index is -0.777. The molecule has 2 fully saturated rings. The number of cyclic esters (lactones) is 2. The van der Waals surface area contributed by atoms with Crippen molar-refractivity contribution in [1.82, 2.24) is 25.8 Å². The zero-order valence-electron chi connectivity index (χ0n) is 54.2. The molecule has 17 nitrogen and oxygen atoms in total. The summed E-state index contributed by atoms with van der Waals surface area (Å²) < 4.78 is 14.6. The van der Waals surface area contributed by atoms with Gasteiger partial charge in [0.25, 0.3) is 0 Å². The second-order valence-electron chi connectivity index (χ2n) is 21.5. The van der Waals surface area contributed by atoms with E-state index in [2.05, 4.69) is 162 Å². The summed E-state index contributed by atoms with van der Waals surface area (Å²) in [5.74, 6) is 1.87. The second-order valence-corrected chi connectivity index (χ2v) is 21.5. The van der Waals surface area contributed by atoms with Crippen LogP contribution in [0.2, 0.25) is 0 Å². The van der Waals surface area contributed by atoms with Crippen molar-refractivity contribution in [2.24, 2.45) is 10.9 Å². The monoisotopic (exact) mass is 1230 g/mol. The van der Waals surface area contributed by atoms with Crippen LogP contribution < -0.4 is 30.7 Å². The number of aryl methyl sites for hydroxylation is 6. The SMILES string of the molecule is C.C#C.C#CC.C1CN=C2NCCCN2C1.C=Cc1ccc(COC(=O)CC[C@@H]2NC(=O)OC2=O)cc1.C=Cc1ccc(COC(=O)CC[C@H](CC)C(=O)NC)cc1.CN(C)c1ccncc1.Cc1cc(C)c(N2C=CN(c3c(C)cc(C)cc3C)C2)c(C)c1. The molecule has 17 heteroatoms. The summed E-state index contributed by atoms with van der Waals surface area (Å²) >= 11 is 0. The van der Waals surface area contributed by atoms with Crippen LogP contribution in [0.25, 0.3) is 12.2 Å². The van der Waals surface area contributed by atoms with Crippen molar-refractivity contribution < 1.29 is 38.2 Å². The quantitative estimate of drug-likeness (QED) is 0.0345. The van der Waals surface area contributed by atoms with Gasteiger partial charge >= 0.3 is 24.0 Å². The Kier molecular flexibility index (Phi) is 35.3. The van der Waals surface area contributed by atoms with Crippen LogP contribution in [-0.4, -0.2) is 106 Å². The van der Waals surface area contributed by atoms with Gasteiger partial charge in [0.15, 0.2) is 5.96 Å². The highest BCUT2D eigenvalue weighted by molar-refractivity contribution is 5.95. The van der Waals surface area contributed by atoms with Crippen LogP contribution in [0.5, 0.6) is 0 Å². The number of aromatic nitrogens is 1. The molecule has 0 saturated carbocycles. The van der Waals surface area contributed by atoms with Gasteiger partial charge in [-0.3, -0.25) is 24.4 Å². The van der Waals surface area contributed by atoms with E-state index in [1.807, 2.05) is 86.6 Å². The van der Waals surface area contributed by atoms with Crippen molar-refractivity contribution in [3.63, 3.8) is 0 Å². The maximum Gasteiger partial charge on any atom is 0.415 e. The van der Waals surface area contributed by atoms with E-state index in [0.29, 0.717) is 6.42 Å². The van der Waals surface area contributed by atoms with Crippen LogP contribution >= 0.6 is 0 Å². The van der Waals surface area contributed by atoms with Crippen molar-refractivity contribution in [3.05, 3.63) is 179 Å². The fraction of sp³-hybridized carbons (Fsp3) is 0.384. The summed E-state index contributed by atoms with van der Waals surface area (Å²) in [5.41, 5.74) is 15.7. The van der Waals surface area contributed by atoms with Crippen LogP contribution in [0.15, 0.2) is 128 Å². The molecule has 0 unspecified atom stereocenters. The number of pyridine rings is 1. The number of ether oxygens (including phenoxy) is 3. The number of hydrogen-bond donors (Lipinski definition) is 3. The van der Waals surface area contributed by atoms with Gasteiger partial charge in [-0.1, -0.05) is 124 Å². The maximum atomic E-state index is 11.7. The number of aliphatic imine (C=N–C) groups is 1. The molecule has 0 bridgehead atoms. The highest BCUT2D eigenvalue weighted by atomic mass is 16.6. The Balaban J connectivity index is 0.000000388. The van der Waals surface area contributed by atoms with Gasteiger partial charge in [0.1, 0.15) is 19.3 Å². The molecule has 4 aliphatic heterocycles. The molecule has 2 amide bonds. The van der Waals surface area contributed by atoms with Crippen LogP contribution in [-0.2, 0) is 46.6 Å². The third-order valence-electron chi connectivity index (χ3n) is 14.2. The van der Waals surface area contributed by atoms with E-state index in [4.69, 9.17) is 9.47 Å². The lowest BCUT2D eigenvalue weighted by molar-refractivity contribution is -0.146. The van der Waals surface area contributed by atoms with Crippen molar-refractivity contribution in [3.8, 4) is 25.2 Å². The highest BCUT2D eigenvalue weighted by Gasteiger charge is 2.32. The smallest absolute Gasteiger partial charge is 0.415 e. The number of carbonyl (C=O) groups excluding carboxylic acids is 5. The molecule has 2 atom stereocenters. The number of rotatable bonds is 17. The van der Waals surface area contributed by atoms with Crippen LogP contribution in [0, 0.1) is 72.7 Å². The molecule has 4 aliphatic rings. The van der Waals surface area contributed by atoms with Crippen LogP contribution in [0.1, 0.15) is 122 Å². The van der Waals surface area contributed by atoms with Crippen molar-refractivity contribution in [2.45, 2.75) is 127 Å². The number of esters is 3. The summed E-state index contributed by atoms with van der Waals surface area (Å²) in [6.07, 6.45) is 27.5. The number of terminal acetylenes is 2. The lowest BCUT2D eigenvalue weighted by Gasteiger charge is -2.33. The number of hydrogen-bond acceptors (Lipinski definition) is 15. The number of fused-ring (bicyclic) bond motifs is 1. The highest BCUT2D eigenvalue weighted by Crippen LogP contribution is 2.33. The number of guanidine groups is 1. The van der Waals surface area contributed by atoms with E-state index < -0.39 is 24.1 Å². The number of benzene rings is 4. The molecule has 3 N–H and O–H groups in total. The predicted molar refractivity (Wildman–Crippen MR) is 368 cm³/mol. The Hall–Kier alpha value is -9.61. The van der Waals surface area contributed by atoms with Gasteiger partial charge in [-0.05, 0) is 137 Å². The molecule has 2 saturated heterocycles. The first-order chi connectivity index (χ1) is 42.7. The average Bonchev–Trinajstić information content (AvgIpc) is 1.73. The topological polar surface area (TPSA) is 187 Å². The Morgan fingerprint density at radius 1 is 0.778 bits per heavy atom. The predicted octanol–water partition coefficient (Wildman–Crippen LogP) is 12.7. The Morgan fingerprint density at radius 2 is 1.24 bits per heavy atom. The Bertz CT molecular complexity index is 3090. The van der Waals surface area contributed by atoms with Gasteiger partial charge in [-0.25, -0.2) is 9.59 Å². The fourth-order valence-corrected chi connectivity index (χ4v) is 9.94. The number of nitrogens with one attached hydrogen (secondary N) is 3. The second kappa shape index (κ2) is 41.5. The molecular formula is C73H97N9O8. The molecule has 0 radical (unpaired) electrons. The van der Waals surface area contributed by atoms with E-state index in [1.165, 1.54) is 76.4 Å². The first-order valence-electron chi connectivity index (χ1n) is 29.9. The fourth-order valence-electron chi connectivity index (χ4n) is 9.94. The van der Waals surface area contributed by atoms with Gasteiger partial charge < -0.3 is 49.8 Å². The van der Waals surface area contributed by atoms with Crippen molar-refractivity contribution >= 4 is 65.1 Å². The van der Waals surface area contributed by atoms with Gasteiger partial charge in [-0.2, -0.15) is 0 Å². The lowest BCUT2D eigenvalue weighted by atomic mass is 9.99. The molecule has 0 spiro atoms. The summed E-state index contributed by atoms with van der Waals surface area (Å²) in [5, 5.41) is 8.22. The molecular weight excluding hydrogens is 1130 g/mol. The molecule has 1 aromatic heterocycles. The number of amides is 2. The molecule has 5 heterocycles. The normalized spacial score (nSPS) is 14.0. The number of alkyl carbamates (subject to hydrolysis) is 1. The van der Waals surface area contributed by atoms with E-state index in [9.17, 15) is 24.0 Å². The van der Waals surface area contributed by atoms with Crippen molar-refractivity contribution in [1.29, 1.82) is 0 Å². The standard InChI is InChI=1S/C21H26N2.C17H23NO3.C15H15NO5.C7H13N3.C7H10N2.C3H4.C2H2.CH4/c1-14-9-16(3)20(17(4)10-14)22-7-8-23(13-22)21-18(5)11-15(2)12-19(21)6;1-4-13-6-8-14(9-7-13)12-21-16(19)11-10-15(5-2)17(20)18-3;1-2-10-3-5-11(6-4-10)9-20-13(17)8-7-12-14(18)21-15(19)16-12;1-3-8-7-9-4-2-6-10(7)5-1;1-9(2)7-3-5-8-6-4-7;1-3-2;1-2;/h7-12H,13H2,1-6H3;4,6-9,15H,1,5,10-12H2,2-3H3,(H,18,20);2-6,12H,1,7-9H2,(H,16,19);1-6H2,(H,8,9);3-6H,1-2H3;1H,2H3;1-2H;1H4/t;15-;12-;;;;;/m.00...../s1. The van der Waals surface area contributed by atoms with Gasteiger partial charge in [0.2, 0.25) is 5.91 Å². The summed E-state index contributed by atoms with van der Waals surface area (Å²) in [7, 11) is 5.63. The Labute approximate surface area is 537 Å². The molecule has 9 rings (SSSR count). The first kappa shape index (κ1) is 76.5. The zero-order valence-corrected chi connectivity index (χ0v) is 54.2. The molecule has 4 aromatic carbocycles. The lowest BCUT2D eigenvalue weighted by Crippen LogP contribution is -2.49. The van der Waals surface area contributed by atoms with Crippen LogP contribution in [0.3, 0.4) is 0 Å². The van der Waals surface area contributed by atoms with Crippen molar-refractivity contribution in [2.75, 3.05) is 68.7 Å². The van der Waals surface area contributed by atoms with Gasteiger partial charge in [0, 0.05) is 108 Å². The number of anilines is 3. The van der Waals surface area contributed by atoms with E-state index in [0.717, 1.165) is 54.4 Å². The number of nitrogens with zero attached hydrogens (tertiary/aromatic N) is 6. The van der Waals surface area contributed by atoms with Gasteiger partial charge in [-0.15, -0.1) is 25.2 Å². The molecule has 90 heavy (non-hydrogen) atoms.